The summed E-state index contributed by atoms with van der Waals surface area (Å²) in [5, 5.41) is 12.0. The van der Waals surface area contributed by atoms with E-state index < -0.39 is 23.7 Å². The van der Waals surface area contributed by atoms with E-state index in [1.54, 1.807) is 6.92 Å². The van der Waals surface area contributed by atoms with Crippen LogP contribution >= 0.6 is 0 Å². The van der Waals surface area contributed by atoms with Gasteiger partial charge >= 0.3 is 5.97 Å². The predicted octanol–water partition coefficient (Wildman–Crippen LogP) is 1.63. The topological polar surface area (TPSA) is 94.4 Å². The Morgan fingerprint density at radius 2 is 2.28 bits per heavy atom. The minimum atomic E-state index is -0.960. The SMILES string of the molecule is CCOC(=O)/C(N=O)=C(\O)COC1CCCCO1. The van der Waals surface area contributed by atoms with E-state index in [0.717, 1.165) is 19.3 Å². The summed E-state index contributed by atoms with van der Waals surface area (Å²) in [6.07, 6.45) is 2.25. The van der Waals surface area contributed by atoms with Gasteiger partial charge in [-0.2, -0.15) is 0 Å². The molecule has 1 rings (SSSR count). The summed E-state index contributed by atoms with van der Waals surface area (Å²) in [5.41, 5.74) is -0.660. The first-order chi connectivity index (χ1) is 8.69. The highest BCUT2D eigenvalue weighted by molar-refractivity contribution is 5.88. The lowest BCUT2D eigenvalue weighted by Crippen LogP contribution is -2.23. The molecule has 1 atom stereocenters. The van der Waals surface area contributed by atoms with Gasteiger partial charge in [0.1, 0.15) is 6.61 Å². The molecule has 1 unspecified atom stereocenters. The van der Waals surface area contributed by atoms with Gasteiger partial charge in [-0.15, -0.1) is 4.91 Å². The van der Waals surface area contributed by atoms with Crippen LogP contribution < -0.4 is 0 Å². The van der Waals surface area contributed by atoms with E-state index in [9.17, 15) is 14.8 Å². The van der Waals surface area contributed by atoms with E-state index in [2.05, 4.69) is 9.91 Å². The third-order valence-corrected chi connectivity index (χ3v) is 2.38. The molecular formula is C11H17NO6. The van der Waals surface area contributed by atoms with Gasteiger partial charge in [0.15, 0.2) is 12.0 Å². The van der Waals surface area contributed by atoms with Crippen LogP contribution in [-0.2, 0) is 19.0 Å². The summed E-state index contributed by atoms with van der Waals surface area (Å²) in [4.78, 5) is 21.7. The zero-order valence-electron chi connectivity index (χ0n) is 10.3. The Labute approximate surface area is 105 Å². The molecule has 0 amide bonds. The maximum atomic E-state index is 11.2. The first-order valence-electron chi connectivity index (χ1n) is 5.84. The Morgan fingerprint density at radius 1 is 1.50 bits per heavy atom. The normalized spacial score (nSPS) is 21.1. The molecule has 1 N–H and O–H groups in total. The first-order valence-corrected chi connectivity index (χ1v) is 5.84. The van der Waals surface area contributed by atoms with Gasteiger partial charge in [-0.05, 0) is 31.4 Å². The number of nitrogens with zero attached hydrogens (tertiary/aromatic N) is 1. The number of carbonyl (C=O) groups is 1. The van der Waals surface area contributed by atoms with Crippen LogP contribution in [0.4, 0.5) is 0 Å². The Bertz CT molecular complexity index is 321. The summed E-state index contributed by atoms with van der Waals surface area (Å²) >= 11 is 0. The molecule has 0 aromatic rings. The second-order valence-corrected chi connectivity index (χ2v) is 3.71. The number of esters is 1. The summed E-state index contributed by atoms with van der Waals surface area (Å²) in [5.74, 6) is -1.50. The lowest BCUT2D eigenvalue weighted by Gasteiger charge is -2.22. The monoisotopic (exact) mass is 259 g/mol. The molecule has 7 heteroatoms. The van der Waals surface area contributed by atoms with E-state index in [0.29, 0.717) is 6.61 Å². The van der Waals surface area contributed by atoms with Gasteiger partial charge in [-0.25, -0.2) is 4.79 Å². The fraction of sp³-hybridized carbons (Fsp3) is 0.727. The van der Waals surface area contributed by atoms with Crippen molar-refractivity contribution in [3.05, 3.63) is 16.4 Å². The Kier molecular flexibility index (Phi) is 6.31. The van der Waals surface area contributed by atoms with Gasteiger partial charge in [0.25, 0.3) is 0 Å². The van der Waals surface area contributed by atoms with E-state index >= 15 is 0 Å². The van der Waals surface area contributed by atoms with Crippen molar-refractivity contribution < 1.29 is 24.1 Å². The van der Waals surface area contributed by atoms with Gasteiger partial charge in [-0.3, -0.25) is 0 Å². The van der Waals surface area contributed by atoms with Gasteiger partial charge < -0.3 is 19.3 Å². The highest BCUT2D eigenvalue weighted by Crippen LogP contribution is 2.15. The van der Waals surface area contributed by atoms with E-state index in [1.165, 1.54) is 0 Å². The van der Waals surface area contributed by atoms with Crippen LogP contribution in [0.3, 0.4) is 0 Å². The van der Waals surface area contributed by atoms with Crippen LogP contribution in [0.25, 0.3) is 0 Å². The molecule has 1 aliphatic rings. The molecule has 1 aliphatic heterocycles. The van der Waals surface area contributed by atoms with Crippen molar-refractivity contribution in [3.63, 3.8) is 0 Å². The molecule has 0 radical (unpaired) electrons. The van der Waals surface area contributed by atoms with E-state index in [1.807, 2.05) is 0 Å². The number of aliphatic hydroxyl groups excluding tert-OH is 1. The minimum absolute atomic E-state index is 0.0950. The summed E-state index contributed by atoms with van der Waals surface area (Å²) < 4.78 is 15.1. The number of hydrogen-bond donors (Lipinski definition) is 1. The van der Waals surface area contributed by atoms with Crippen LogP contribution in [0.2, 0.25) is 0 Å². The second-order valence-electron chi connectivity index (χ2n) is 3.71. The molecule has 0 saturated carbocycles. The zero-order chi connectivity index (χ0) is 13.4. The Hall–Kier alpha value is -1.47. The van der Waals surface area contributed by atoms with Crippen LogP contribution in [0.15, 0.2) is 16.6 Å². The third kappa shape index (κ3) is 4.42. The number of ether oxygens (including phenoxy) is 3. The predicted molar refractivity (Wildman–Crippen MR) is 61.6 cm³/mol. The summed E-state index contributed by atoms with van der Waals surface area (Å²) in [6.45, 7) is 1.98. The number of hydrogen-bond acceptors (Lipinski definition) is 7. The Balaban J connectivity index is 2.50. The average molecular weight is 259 g/mol. The van der Waals surface area contributed by atoms with E-state index in [4.69, 9.17) is 9.47 Å². The maximum absolute atomic E-state index is 11.2. The van der Waals surface area contributed by atoms with Crippen molar-refractivity contribution in [2.75, 3.05) is 19.8 Å². The van der Waals surface area contributed by atoms with Crippen molar-refractivity contribution in [1.82, 2.24) is 0 Å². The molecule has 1 saturated heterocycles. The van der Waals surface area contributed by atoms with Crippen LogP contribution in [0.5, 0.6) is 0 Å². The molecule has 0 aromatic heterocycles. The quantitative estimate of drug-likeness (QED) is 0.337. The van der Waals surface area contributed by atoms with Crippen LogP contribution in [0.1, 0.15) is 26.2 Å². The van der Waals surface area contributed by atoms with Gasteiger partial charge in [0.2, 0.25) is 5.70 Å². The summed E-state index contributed by atoms with van der Waals surface area (Å²) in [6, 6.07) is 0. The number of aliphatic hydroxyl groups is 1. The molecule has 1 heterocycles. The number of carbonyl (C=O) groups excluding carboxylic acids is 1. The fourth-order valence-corrected chi connectivity index (χ4v) is 1.49. The molecule has 0 bridgehead atoms. The Morgan fingerprint density at radius 3 is 2.83 bits per heavy atom. The van der Waals surface area contributed by atoms with Crippen molar-refractivity contribution in [1.29, 1.82) is 0 Å². The molecule has 1 fully saturated rings. The smallest absolute Gasteiger partial charge is 0.364 e. The van der Waals surface area contributed by atoms with E-state index in [-0.39, 0.29) is 13.2 Å². The molecule has 18 heavy (non-hydrogen) atoms. The van der Waals surface area contributed by atoms with Gasteiger partial charge in [0.05, 0.1) is 6.61 Å². The number of nitroso groups, excluding NO2 is 1. The highest BCUT2D eigenvalue weighted by Gasteiger charge is 2.20. The second kappa shape index (κ2) is 7.78. The largest absolute Gasteiger partial charge is 0.507 e. The summed E-state index contributed by atoms with van der Waals surface area (Å²) in [7, 11) is 0. The standard InChI is InChI=1S/C11H17NO6/c1-2-16-11(14)10(12-15)8(13)7-18-9-5-3-4-6-17-9/h9,13H,2-7H2,1H3/b10-8+. The maximum Gasteiger partial charge on any atom is 0.364 e. The third-order valence-electron chi connectivity index (χ3n) is 2.38. The number of rotatable bonds is 6. The molecule has 0 spiro atoms. The molecule has 7 nitrogen and oxygen atoms in total. The van der Waals surface area contributed by atoms with Crippen molar-refractivity contribution >= 4 is 5.97 Å². The zero-order valence-corrected chi connectivity index (χ0v) is 10.3. The lowest BCUT2D eigenvalue weighted by molar-refractivity contribution is -0.161. The van der Waals surface area contributed by atoms with Crippen LogP contribution in [-0.4, -0.2) is 37.2 Å². The first kappa shape index (κ1) is 14.6. The molecule has 0 aromatic carbocycles. The van der Waals surface area contributed by atoms with Crippen molar-refractivity contribution in [2.24, 2.45) is 5.18 Å². The highest BCUT2D eigenvalue weighted by atomic mass is 16.7. The molecular weight excluding hydrogens is 242 g/mol. The lowest BCUT2D eigenvalue weighted by atomic mass is 10.2. The molecule has 102 valence electrons. The fourth-order valence-electron chi connectivity index (χ4n) is 1.49. The van der Waals surface area contributed by atoms with Gasteiger partial charge in [0, 0.05) is 6.61 Å². The van der Waals surface area contributed by atoms with Crippen molar-refractivity contribution in [2.45, 2.75) is 32.5 Å². The molecule has 0 aliphatic carbocycles. The van der Waals surface area contributed by atoms with Crippen molar-refractivity contribution in [3.8, 4) is 0 Å². The minimum Gasteiger partial charge on any atom is -0.507 e. The average Bonchev–Trinajstić information content (AvgIpc) is 2.39. The van der Waals surface area contributed by atoms with Gasteiger partial charge in [-0.1, -0.05) is 0 Å². The van der Waals surface area contributed by atoms with Crippen LogP contribution in [0, 0.1) is 4.91 Å².